The molecule has 2 aromatic carbocycles. The number of nitro groups is 1. The van der Waals surface area contributed by atoms with E-state index in [4.69, 9.17) is 14.2 Å². The summed E-state index contributed by atoms with van der Waals surface area (Å²) in [4.78, 5) is 43.3. The third-order valence-electron chi connectivity index (χ3n) is 5.83. The molecule has 0 N–H and O–H groups in total. The van der Waals surface area contributed by atoms with Crippen LogP contribution in [0.5, 0.6) is 0 Å². The first kappa shape index (κ1) is 26.5. The Morgan fingerprint density at radius 1 is 1.11 bits per heavy atom. The lowest BCUT2D eigenvalue weighted by Gasteiger charge is -2.28. The molecule has 1 amide bonds. The normalized spacial score (nSPS) is 14.2. The van der Waals surface area contributed by atoms with Crippen molar-refractivity contribution in [3.8, 4) is 0 Å². The summed E-state index contributed by atoms with van der Waals surface area (Å²) in [5.41, 5.74) is 1.61. The first-order valence-corrected chi connectivity index (χ1v) is 12.8. The van der Waals surface area contributed by atoms with Crippen molar-refractivity contribution in [2.24, 2.45) is 4.99 Å². The van der Waals surface area contributed by atoms with Crippen LogP contribution in [0.4, 0.5) is 11.4 Å². The summed E-state index contributed by atoms with van der Waals surface area (Å²) in [5.74, 6) is -1.03. The standard InChI is InChI=1S/C25H28N4O7S/c1-3-34-14-11-28-20-8-6-18(24(31)36-4-2)16-22(20)37-25(28)26-23(30)17-5-7-19(21(15-17)29(32)33)27-9-12-35-13-10-27/h5-8,15-16H,3-4,9-14H2,1-2H3. The molecule has 0 atom stereocenters. The van der Waals surface area contributed by atoms with E-state index < -0.39 is 16.8 Å². The Morgan fingerprint density at radius 2 is 1.86 bits per heavy atom. The number of ether oxygens (including phenoxy) is 3. The number of benzene rings is 2. The number of carbonyl (C=O) groups excluding carboxylic acids is 2. The highest BCUT2D eigenvalue weighted by Crippen LogP contribution is 2.30. The lowest BCUT2D eigenvalue weighted by atomic mass is 10.1. The number of nitro benzene ring substituents is 1. The van der Waals surface area contributed by atoms with Crippen LogP contribution in [0.1, 0.15) is 34.6 Å². The molecule has 0 spiro atoms. The number of hydrogen-bond donors (Lipinski definition) is 0. The smallest absolute Gasteiger partial charge is 0.338 e. The van der Waals surface area contributed by atoms with E-state index in [-0.39, 0.29) is 17.9 Å². The van der Waals surface area contributed by atoms with E-state index in [2.05, 4.69) is 4.99 Å². The Balaban J connectivity index is 1.73. The van der Waals surface area contributed by atoms with Crippen molar-refractivity contribution in [2.45, 2.75) is 20.4 Å². The molecule has 1 aliphatic rings. The van der Waals surface area contributed by atoms with Gasteiger partial charge < -0.3 is 23.7 Å². The Kier molecular flexibility index (Phi) is 8.64. The monoisotopic (exact) mass is 528 g/mol. The summed E-state index contributed by atoms with van der Waals surface area (Å²) in [7, 11) is 0. The Bertz CT molecular complexity index is 1380. The predicted octanol–water partition coefficient (Wildman–Crippen LogP) is 3.40. The summed E-state index contributed by atoms with van der Waals surface area (Å²) in [6.07, 6.45) is 0. The number of hydrogen-bond acceptors (Lipinski definition) is 9. The predicted molar refractivity (Wildman–Crippen MR) is 138 cm³/mol. The number of thiazole rings is 1. The second kappa shape index (κ2) is 12.1. The lowest BCUT2D eigenvalue weighted by molar-refractivity contribution is -0.384. The quantitative estimate of drug-likeness (QED) is 0.179. The molecule has 12 heteroatoms. The van der Waals surface area contributed by atoms with Crippen LogP contribution < -0.4 is 9.70 Å². The highest BCUT2D eigenvalue weighted by Gasteiger charge is 2.23. The number of nitrogens with zero attached hydrogens (tertiary/aromatic N) is 4. The van der Waals surface area contributed by atoms with E-state index in [1.54, 1.807) is 37.3 Å². The van der Waals surface area contributed by atoms with Crippen molar-refractivity contribution < 1.29 is 28.7 Å². The fraction of sp³-hybridized carbons (Fsp3) is 0.400. The zero-order valence-electron chi connectivity index (χ0n) is 20.7. The number of aromatic nitrogens is 1. The summed E-state index contributed by atoms with van der Waals surface area (Å²) in [6, 6.07) is 9.58. The van der Waals surface area contributed by atoms with Crippen molar-refractivity contribution in [1.82, 2.24) is 4.57 Å². The van der Waals surface area contributed by atoms with Crippen molar-refractivity contribution in [3.05, 3.63) is 62.4 Å². The molecule has 1 aromatic heterocycles. The lowest BCUT2D eigenvalue weighted by Crippen LogP contribution is -2.36. The average molecular weight is 529 g/mol. The Labute approximate surface area is 217 Å². The maximum absolute atomic E-state index is 13.2. The van der Waals surface area contributed by atoms with Crippen LogP contribution in [0.25, 0.3) is 10.2 Å². The fourth-order valence-electron chi connectivity index (χ4n) is 4.04. The van der Waals surface area contributed by atoms with Gasteiger partial charge in [0.15, 0.2) is 4.80 Å². The highest BCUT2D eigenvalue weighted by molar-refractivity contribution is 7.16. The van der Waals surface area contributed by atoms with Crippen LogP contribution >= 0.6 is 11.3 Å². The van der Waals surface area contributed by atoms with Gasteiger partial charge in [-0.15, -0.1) is 0 Å². The van der Waals surface area contributed by atoms with E-state index in [0.717, 1.165) is 10.2 Å². The van der Waals surface area contributed by atoms with Crippen LogP contribution in [-0.4, -0.2) is 67.5 Å². The maximum Gasteiger partial charge on any atom is 0.338 e. The number of amides is 1. The molecule has 0 radical (unpaired) electrons. The number of morpholine rings is 1. The number of esters is 1. The Morgan fingerprint density at radius 3 is 2.57 bits per heavy atom. The van der Waals surface area contributed by atoms with Gasteiger partial charge in [-0.25, -0.2) is 4.79 Å². The van der Waals surface area contributed by atoms with Gasteiger partial charge in [0.2, 0.25) is 0 Å². The molecule has 1 saturated heterocycles. The van der Waals surface area contributed by atoms with Crippen molar-refractivity contribution in [2.75, 3.05) is 51.0 Å². The number of carbonyl (C=O) groups is 2. The summed E-state index contributed by atoms with van der Waals surface area (Å²) < 4.78 is 18.5. The average Bonchev–Trinajstić information content (AvgIpc) is 3.25. The van der Waals surface area contributed by atoms with Gasteiger partial charge in [0.25, 0.3) is 11.6 Å². The van der Waals surface area contributed by atoms with Gasteiger partial charge in [-0.1, -0.05) is 11.3 Å². The first-order chi connectivity index (χ1) is 17.9. The molecule has 3 aromatic rings. The van der Waals surface area contributed by atoms with Crippen LogP contribution in [-0.2, 0) is 20.8 Å². The van der Waals surface area contributed by atoms with E-state index in [1.165, 1.54) is 17.4 Å². The van der Waals surface area contributed by atoms with E-state index in [9.17, 15) is 19.7 Å². The topological polar surface area (TPSA) is 126 Å². The van der Waals surface area contributed by atoms with Crippen LogP contribution in [0.2, 0.25) is 0 Å². The van der Waals surface area contributed by atoms with E-state index in [0.29, 0.717) is 62.1 Å². The summed E-state index contributed by atoms with van der Waals surface area (Å²) in [6.45, 7) is 7.33. The maximum atomic E-state index is 13.2. The van der Waals surface area contributed by atoms with Gasteiger partial charge >= 0.3 is 5.97 Å². The fourth-order valence-corrected chi connectivity index (χ4v) is 5.14. The van der Waals surface area contributed by atoms with Gasteiger partial charge in [0.05, 0.1) is 47.1 Å². The number of fused-ring (bicyclic) bond motifs is 1. The molecule has 4 rings (SSSR count). The SMILES string of the molecule is CCOCCn1c(=NC(=O)c2ccc(N3CCOCC3)c([N+](=O)[O-])c2)sc2cc(C(=O)OCC)ccc21. The molecule has 1 fully saturated rings. The summed E-state index contributed by atoms with van der Waals surface area (Å²) >= 11 is 1.25. The zero-order chi connectivity index (χ0) is 26.4. The number of anilines is 1. The van der Waals surface area contributed by atoms with Crippen LogP contribution in [0.15, 0.2) is 41.4 Å². The largest absolute Gasteiger partial charge is 0.462 e. The molecule has 196 valence electrons. The minimum absolute atomic E-state index is 0.115. The number of rotatable bonds is 9. The third kappa shape index (κ3) is 6.04. The Hall–Kier alpha value is -3.61. The second-order valence-electron chi connectivity index (χ2n) is 8.11. The molecular weight excluding hydrogens is 500 g/mol. The highest BCUT2D eigenvalue weighted by atomic mass is 32.1. The molecule has 0 saturated carbocycles. The molecule has 37 heavy (non-hydrogen) atoms. The molecule has 1 aliphatic heterocycles. The summed E-state index contributed by atoms with van der Waals surface area (Å²) in [5, 5.41) is 11.8. The second-order valence-corrected chi connectivity index (χ2v) is 9.12. The van der Waals surface area contributed by atoms with E-state index >= 15 is 0 Å². The minimum atomic E-state index is -0.598. The molecular formula is C25H28N4O7S. The van der Waals surface area contributed by atoms with Gasteiger partial charge in [-0.2, -0.15) is 4.99 Å². The van der Waals surface area contributed by atoms with Gasteiger partial charge in [-0.05, 0) is 44.2 Å². The minimum Gasteiger partial charge on any atom is -0.462 e. The van der Waals surface area contributed by atoms with Crippen molar-refractivity contribution in [1.29, 1.82) is 0 Å². The van der Waals surface area contributed by atoms with Crippen molar-refractivity contribution in [3.63, 3.8) is 0 Å². The molecule has 2 heterocycles. The van der Waals surface area contributed by atoms with Gasteiger partial charge in [0, 0.05) is 37.9 Å². The van der Waals surface area contributed by atoms with Crippen LogP contribution in [0.3, 0.4) is 0 Å². The first-order valence-electron chi connectivity index (χ1n) is 12.0. The van der Waals surface area contributed by atoms with Crippen LogP contribution in [0, 0.1) is 10.1 Å². The third-order valence-corrected chi connectivity index (χ3v) is 6.87. The van der Waals surface area contributed by atoms with Gasteiger partial charge in [-0.3, -0.25) is 14.9 Å². The van der Waals surface area contributed by atoms with Crippen molar-refractivity contribution >= 4 is 44.8 Å². The van der Waals surface area contributed by atoms with Gasteiger partial charge in [0.1, 0.15) is 5.69 Å². The van der Waals surface area contributed by atoms with E-state index in [1.807, 2.05) is 16.4 Å². The molecule has 11 nitrogen and oxygen atoms in total. The molecule has 0 aliphatic carbocycles. The molecule has 0 bridgehead atoms. The molecule has 0 unspecified atom stereocenters. The zero-order valence-corrected chi connectivity index (χ0v) is 21.5.